The number of hydrogen-bond donors (Lipinski definition) is 3. The van der Waals surface area contributed by atoms with Gasteiger partial charge in [-0.05, 0) is 87.0 Å². The van der Waals surface area contributed by atoms with E-state index < -0.39 is 0 Å². The van der Waals surface area contributed by atoms with Gasteiger partial charge in [-0.15, -0.1) is 0 Å². The minimum atomic E-state index is -0.343. The third kappa shape index (κ3) is 5.63. The van der Waals surface area contributed by atoms with Crippen LogP contribution in [0.1, 0.15) is 43.2 Å². The van der Waals surface area contributed by atoms with Crippen molar-refractivity contribution in [2.24, 2.45) is 0 Å². The molecule has 0 saturated carbocycles. The Labute approximate surface area is 207 Å². The fourth-order valence-electron chi connectivity index (χ4n) is 4.96. The number of nitrogens with one attached hydrogen (secondary N) is 2. The van der Waals surface area contributed by atoms with Crippen LogP contribution in [0, 0.1) is 6.92 Å². The number of methoxy groups -OCH3 is 2. The molecule has 1 aromatic heterocycles. The molecule has 1 fully saturated rings. The number of rotatable bonds is 9. The molecule has 7 heteroatoms. The molecule has 1 aliphatic heterocycles. The first-order chi connectivity index (χ1) is 16.9. The molecule has 1 saturated heterocycles. The van der Waals surface area contributed by atoms with E-state index in [-0.39, 0.29) is 12.0 Å². The molecule has 2 heterocycles. The van der Waals surface area contributed by atoms with E-state index >= 15 is 0 Å². The number of aryl methyl sites for hydroxylation is 1. The average molecular weight is 480 g/mol. The van der Waals surface area contributed by atoms with Crippen molar-refractivity contribution in [1.82, 2.24) is 15.2 Å². The summed E-state index contributed by atoms with van der Waals surface area (Å²) in [5.41, 5.74) is 5.81. The molecule has 0 radical (unpaired) electrons. The van der Waals surface area contributed by atoms with Crippen LogP contribution in [0.3, 0.4) is 0 Å². The number of H-pyrrole nitrogens is 1. The van der Waals surface area contributed by atoms with Crippen molar-refractivity contribution in [2.75, 3.05) is 40.4 Å². The Hall–Kier alpha value is -3.03. The van der Waals surface area contributed by atoms with Crippen LogP contribution in [0.5, 0.6) is 11.5 Å². The SMILES string of the molecule is COc1ccc(-c2[nH]c3ccc(C4CCN(C(=O)CNCCC(C)O)CC4)cc3c2C)cc1OC. The van der Waals surface area contributed by atoms with Crippen LogP contribution >= 0.6 is 0 Å². The van der Waals surface area contributed by atoms with Crippen LogP contribution in [0.2, 0.25) is 0 Å². The van der Waals surface area contributed by atoms with Crippen LogP contribution in [0.15, 0.2) is 36.4 Å². The van der Waals surface area contributed by atoms with E-state index in [1.807, 2.05) is 23.1 Å². The maximum atomic E-state index is 12.5. The first kappa shape index (κ1) is 25.1. The monoisotopic (exact) mass is 479 g/mol. The van der Waals surface area contributed by atoms with E-state index in [4.69, 9.17) is 9.47 Å². The number of carbonyl (C=O) groups is 1. The molecule has 0 spiro atoms. The van der Waals surface area contributed by atoms with Crippen LogP contribution in [-0.2, 0) is 4.79 Å². The van der Waals surface area contributed by atoms with Gasteiger partial charge in [0.25, 0.3) is 0 Å². The number of amides is 1. The molecule has 7 nitrogen and oxygen atoms in total. The summed E-state index contributed by atoms with van der Waals surface area (Å²) in [5, 5.41) is 13.7. The maximum absolute atomic E-state index is 12.5. The largest absolute Gasteiger partial charge is 0.493 e. The van der Waals surface area contributed by atoms with E-state index in [1.165, 1.54) is 16.5 Å². The predicted molar refractivity (Wildman–Crippen MR) is 139 cm³/mol. The molecule has 0 aliphatic carbocycles. The highest BCUT2D eigenvalue weighted by Gasteiger charge is 2.24. The zero-order chi connectivity index (χ0) is 24.9. The summed E-state index contributed by atoms with van der Waals surface area (Å²) in [6.07, 6.45) is 2.25. The molecule has 4 rings (SSSR count). The number of likely N-dealkylation sites (tertiary alicyclic amines) is 1. The number of benzene rings is 2. The second-order valence-corrected chi connectivity index (χ2v) is 9.47. The standard InChI is InChI=1S/C28H37N3O4/c1-18(32)9-12-29-17-27(33)31-13-10-20(11-14-31)21-5-7-24-23(15-21)19(2)28(30-24)22-6-8-25(34-3)26(16-22)35-4/h5-8,15-16,18,20,29-30,32H,9-14,17H2,1-4H3. The number of carbonyl (C=O) groups excluding carboxylic acids is 1. The Morgan fingerprint density at radius 3 is 2.57 bits per heavy atom. The molecule has 0 bridgehead atoms. The minimum absolute atomic E-state index is 0.144. The number of aromatic nitrogens is 1. The summed E-state index contributed by atoms with van der Waals surface area (Å²) >= 11 is 0. The number of aromatic amines is 1. The Bertz CT molecular complexity index is 1160. The van der Waals surface area contributed by atoms with E-state index in [0.29, 0.717) is 36.9 Å². The lowest BCUT2D eigenvalue weighted by atomic mass is 9.88. The topological polar surface area (TPSA) is 86.8 Å². The van der Waals surface area contributed by atoms with E-state index in [1.54, 1.807) is 21.1 Å². The number of piperidine rings is 1. The molecule has 2 aromatic carbocycles. The first-order valence-electron chi connectivity index (χ1n) is 12.4. The van der Waals surface area contributed by atoms with E-state index in [0.717, 1.165) is 42.7 Å². The normalized spacial score (nSPS) is 15.4. The van der Waals surface area contributed by atoms with Gasteiger partial charge in [-0.2, -0.15) is 0 Å². The van der Waals surface area contributed by atoms with Crippen molar-refractivity contribution < 1.29 is 19.4 Å². The van der Waals surface area contributed by atoms with E-state index in [9.17, 15) is 9.90 Å². The molecule has 188 valence electrons. The van der Waals surface area contributed by atoms with Crippen molar-refractivity contribution in [2.45, 2.75) is 45.1 Å². The van der Waals surface area contributed by atoms with Crippen molar-refractivity contribution in [3.63, 3.8) is 0 Å². The maximum Gasteiger partial charge on any atom is 0.236 e. The van der Waals surface area contributed by atoms with Gasteiger partial charge in [0, 0.05) is 35.2 Å². The van der Waals surface area contributed by atoms with Crippen molar-refractivity contribution >= 4 is 16.8 Å². The first-order valence-corrected chi connectivity index (χ1v) is 12.4. The summed E-state index contributed by atoms with van der Waals surface area (Å²) in [7, 11) is 3.29. The van der Waals surface area contributed by atoms with Gasteiger partial charge in [0.15, 0.2) is 11.5 Å². The quantitative estimate of drug-likeness (QED) is 0.400. The highest BCUT2D eigenvalue weighted by atomic mass is 16.5. The van der Waals surface area contributed by atoms with Gasteiger partial charge in [0.05, 0.1) is 26.9 Å². The van der Waals surface area contributed by atoms with Crippen LogP contribution in [0.4, 0.5) is 0 Å². The molecule has 1 aliphatic rings. The highest BCUT2D eigenvalue weighted by molar-refractivity contribution is 5.91. The molecule has 3 aromatic rings. The van der Waals surface area contributed by atoms with Gasteiger partial charge < -0.3 is 29.8 Å². The van der Waals surface area contributed by atoms with Crippen molar-refractivity contribution in [3.8, 4) is 22.8 Å². The zero-order valence-corrected chi connectivity index (χ0v) is 21.2. The fraction of sp³-hybridized carbons (Fsp3) is 0.464. The summed E-state index contributed by atoms with van der Waals surface area (Å²) in [6.45, 7) is 6.47. The molecular weight excluding hydrogens is 442 g/mol. The summed E-state index contributed by atoms with van der Waals surface area (Å²) in [5.74, 6) is 2.02. The lowest BCUT2D eigenvalue weighted by molar-refractivity contribution is -0.131. The van der Waals surface area contributed by atoms with E-state index in [2.05, 4.69) is 35.4 Å². The number of hydrogen-bond acceptors (Lipinski definition) is 5. The second kappa shape index (κ2) is 11.1. The molecular formula is C28H37N3O4. The van der Waals surface area contributed by atoms with Gasteiger partial charge in [0.1, 0.15) is 0 Å². The smallest absolute Gasteiger partial charge is 0.236 e. The van der Waals surface area contributed by atoms with Gasteiger partial charge in [-0.1, -0.05) is 6.07 Å². The molecule has 1 unspecified atom stereocenters. The molecule has 1 amide bonds. The predicted octanol–water partition coefficient (Wildman–Crippen LogP) is 4.23. The number of aliphatic hydroxyl groups excluding tert-OH is 1. The number of aliphatic hydroxyl groups is 1. The number of fused-ring (bicyclic) bond motifs is 1. The minimum Gasteiger partial charge on any atom is -0.493 e. The van der Waals surface area contributed by atoms with Gasteiger partial charge in [0.2, 0.25) is 5.91 Å². The van der Waals surface area contributed by atoms with Crippen molar-refractivity contribution in [3.05, 3.63) is 47.5 Å². The van der Waals surface area contributed by atoms with Gasteiger partial charge in [-0.3, -0.25) is 4.79 Å². The van der Waals surface area contributed by atoms with Crippen LogP contribution < -0.4 is 14.8 Å². The molecule has 3 N–H and O–H groups in total. The fourth-order valence-corrected chi connectivity index (χ4v) is 4.96. The third-order valence-electron chi connectivity index (χ3n) is 7.09. The number of ether oxygens (including phenoxy) is 2. The average Bonchev–Trinajstić information content (AvgIpc) is 3.21. The zero-order valence-electron chi connectivity index (χ0n) is 21.2. The highest BCUT2D eigenvalue weighted by Crippen LogP contribution is 2.37. The van der Waals surface area contributed by atoms with Crippen LogP contribution in [-0.4, -0.2) is 67.4 Å². The van der Waals surface area contributed by atoms with Gasteiger partial charge >= 0.3 is 0 Å². The second-order valence-electron chi connectivity index (χ2n) is 9.47. The molecule has 1 atom stereocenters. The Balaban J connectivity index is 1.44. The summed E-state index contributed by atoms with van der Waals surface area (Å²) in [6, 6.07) is 12.7. The number of nitrogens with zero attached hydrogens (tertiary/aromatic N) is 1. The van der Waals surface area contributed by atoms with Crippen molar-refractivity contribution in [1.29, 1.82) is 0 Å². The Morgan fingerprint density at radius 2 is 1.89 bits per heavy atom. The van der Waals surface area contributed by atoms with Gasteiger partial charge in [-0.25, -0.2) is 0 Å². The Morgan fingerprint density at radius 1 is 1.14 bits per heavy atom. The Kier molecular flexibility index (Phi) is 7.98. The summed E-state index contributed by atoms with van der Waals surface area (Å²) < 4.78 is 10.9. The van der Waals surface area contributed by atoms with Crippen LogP contribution in [0.25, 0.3) is 22.2 Å². The lowest BCUT2D eigenvalue weighted by Crippen LogP contribution is -2.42. The molecule has 35 heavy (non-hydrogen) atoms. The third-order valence-corrected chi connectivity index (χ3v) is 7.09. The summed E-state index contributed by atoms with van der Waals surface area (Å²) in [4.78, 5) is 18.0. The lowest BCUT2D eigenvalue weighted by Gasteiger charge is -2.32.